The first-order valence-corrected chi connectivity index (χ1v) is 11.0. The SMILES string of the molecule is Cc1ccc(C(=O)C2=C(O)C(=O)N(CCN3CCOCC3)[C@H]2c2ccc(OCC(N)=O)cc2)o1. The zero-order valence-corrected chi connectivity index (χ0v) is 18.9. The molecule has 0 saturated carbocycles. The summed E-state index contributed by atoms with van der Waals surface area (Å²) in [6.07, 6.45) is 0. The standard InChI is InChI=1S/C24H27N3O7/c1-15-2-7-18(34-15)22(29)20-21(16-3-5-17(6-4-16)33-14-19(25)28)27(24(31)23(20)30)9-8-26-10-12-32-13-11-26/h2-7,21,30H,8-14H2,1H3,(H2,25,28)/t21-/m0/s1. The summed E-state index contributed by atoms with van der Waals surface area (Å²) in [4.78, 5) is 41.0. The van der Waals surface area contributed by atoms with Crippen molar-refractivity contribution in [2.75, 3.05) is 46.0 Å². The van der Waals surface area contributed by atoms with E-state index >= 15 is 0 Å². The Balaban J connectivity index is 1.63. The number of hydrogen-bond donors (Lipinski definition) is 2. The van der Waals surface area contributed by atoms with E-state index in [9.17, 15) is 19.5 Å². The van der Waals surface area contributed by atoms with E-state index in [0.29, 0.717) is 43.4 Å². The fourth-order valence-electron chi connectivity index (χ4n) is 4.13. The van der Waals surface area contributed by atoms with Crippen LogP contribution in [0.15, 0.2) is 52.1 Å². The molecule has 1 saturated heterocycles. The van der Waals surface area contributed by atoms with Gasteiger partial charge in [0.1, 0.15) is 11.5 Å². The minimum atomic E-state index is -0.809. The van der Waals surface area contributed by atoms with Gasteiger partial charge in [-0.05, 0) is 36.8 Å². The van der Waals surface area contributed by atoms with Crippen LogP contribution in [0, 0.1) is 6.92 Å². The number of amides is 2. The number of aliphatic hydroxyl groups is 1. The number of ether oxygens (including phenoxy) is 2. The molecule has 2 aliphatic rings. The first-order chi connectivity index (χ1) is 16.3. The molecular weight excluding hydrogens is 442 g/mol. The van der Waals surface area contributed by atoms with E-state index < -0.39 is 29.4 Å². The Kier molecular flexibility index (Phi) is 6.99. The van der Waals surface area contributed by atoms with Crippen molar-refractivity contribution in [3.05, 3.63) is 64.8 Å². The van der Waals surface area contributed by atoms with Crippen LogP contribution in [0.1, 0.15) is 27.9 Å². The molecule has 3 heterocycles. The molecule has 34 heavy (non-hydrogen) atoms. The van der Waals surface area contributed by atoms with Gasteiger partial charge in [-0.3, -0.25) is 19.3 Å². The lowest BCUT2D eigenvalue weighted by atomic mass is 9.95. The van der Waals surface area contributed by atoms with E-state index in [2.05, 4.69) is 4.90 Å². The highest BCUT2D eigenvalue weighted by atomic mass is 16.5. The number of nitrogens with two attached hydrogens (primary N) is 1. The summed E-state index contributed by atoms with van der Waals surface area (Å²) < 4.78 is 16.2. The van der Waals surface area contributed by atoms with Gasteiger partial charge in [-0.25, -0.2) is 0 Å². The van der Waals surface area contributed by atoms with Gasteiger partial charge < -0.3 is 29.6 Å². The molecule has 0 spiro atoms. The van der Waals surface area contributed by atoms with Crippen LogP contribution >= 0.6 is 0 Å². The fraction of sp³-hybridized carbons (Fsp3) is 0.375. The highest BCUT2D eigenvalue weighted by molar-refractivity contribution is 6.15. The molecule has 2 aliphatic heterocycles. The van der Waals surface area contributed by atoms with E-state index in [4.69, 9.17) is 19.6 Å². The molecule has 0 bridgehead atoms. The Bertz CT molecular complexity index is 1100. The second kappa shape index (κ2) is 10.1. The number of rotatable bonds is 9. The Labute approximate surface area is 196 Å². The number of furan rings is 1. The molecule has 10 nitrogen and oxygen atoms in total. The summed E-state index contributed by atoms with van der Waals surface area (Å²) in [7, 11) is 0. The number of primary amides is 1. The van der Waals surface area contributed by atoms with Crippen molar-refractivity contribution in [3.8, 4) is 5.75 Å². The smallest absolute Gasteiger partial charge is 0.290 e. The molecule has 10 heteroatoms. The third-order valence-corrected chi connectivity index (χ3v) is 5.85. The molecule has 180 valence electrons. The Morgan fingerprint density at radius 2 is 1.82 bits per heavy atom. The number of ketones is 1. The van der Waals surface area contributed by atoms with Crippen molar-refractivity contribution in [2.24, 2.45) is 5.73 Å². The topological polar surface area (TPSA) is 136 Å². The van der Waals surface area contributed by atoms with Crippen LogP contribution in [0.25, 0.3) is 0 Å². The molecule has 4 rings (SSSR count). The fourth-order valence-corrected chi connectivity index (χ4v) is 4.13. The highest BCUT2D eigenvalue weighted by Crippen LogP contribution is 2.39. The molecular formula is C24H27N3O7. The number of morpholine rings is 1. The summed E-state index contributed by atoms with van der Waals surface area (Å²) in [5, 5.41) is 10.8. The average Bonchev–Trinajstić information content (AvgIpc) is 3.38. The second-order valence-electron chi connectivity index (χ2n) is 8.18. The molecule has 2 amide bonds. The van der Waals surface area contributed by atoms with Crippen molar-refractivity contribution in [3.63, 3.8) is 0 Å². The van der Waals surface area contributed by atoms with Crippen LogP contribution in [-0.2, 0) is 14.3 Å². The minimum Gasteiger partial charge on any atom is -0.503 e. The van der Waals surface area contributed by atoms with E-state index in [1.807, 2.05) is 0 Å². The van der Waals surface area contributed by atoms with Crippen LogP contribution in [0.2, 0.25) is 0 Å². The van der Waals surface area contributed by atoms with Crippen molar-refractivity contribution < 1.29 is 33.4 Å². The quantitative estimate of drug-likeness (QED) is 0.526. The lowest BCUT2D eigenvalue weighted by molar-refractivity contribution is -0.129. The predicted octanol–water partition coefficient (Wildman–Crippen LogP) is 1.36. The number of carbonyl (C=O) groups excluding carboxylic acids is 3. The third-order valence-electron chi connectivity index (χ3n) is 5.85. The van der Waals surface area contributed by atoms with Crippen LogP contribution in [0.3, 0.4) is 0 Å². The van der Waals surface area contributed by atoms with E-state index in [0.717, 1.165) is 13.1 Å². The number of nitrogens with zero attached hydrogens (tertiary/aromatic N) is 2. The van der Waals surface area contributed by atoms with Crippen LogP contribution < -0.4 is 10.5 Å². The maximum Gasteiger partial charge on any atom is 0.290 e. The third kappa shape index (κ3) is 4.97. The van der Waals surface area contributed by atoms with Gasteiger partial charge in [-0.15, -0.1) is 0 Å². The molecule has 1 atom stereocenters. The maximum absolute atomic E-state index is 13.3. The largest absolute Gasteiger partial charge is 0.503 e. The van der Waals surface area contributed by atoms with Gasteiger partial charge >= 0.3 is 0 Å². The molecule has 0 aliphatic carbocycles. The van der Waals surface area contributed by atoms with Gasteiger partial charge in [0.25, 0.3) is 11.8 Å². The lowest BCUT2D eigenvalue weighted by Crippen LogP contribution is -2.43. The summed E-state index contributed by atoms with van der Waals surface area (Å²) in [6, 6.07) is 8.99. The summed E-state index contributed by atoms with van der Waals surface area (Å²) >= 11 is 0. The van der Waals surface area contributed by atoms with Gasteiger partial charge in [0, 0.05) is 26.2 Å². The summed E-state index contributed by atoms with van der Waals surface area (Å²) in [5.74, 6) is -1.34. The van der Waals surface area contributed by atoms with Crippen molar-refractivity contribution in [1.29, 1.82) is 0 Å². The number of hydrogen-bond acceptors (Lipinski definition) is 8. The molecule has 0 radical (unpaired) electrons. The van der Waals surface area contributed by atoms with Gasteiger partial charge in [-0.1, -0.05) is 12.1 Å². The van der Waals surface area contributed by atoms with Gasteiger partial charge in [0.2, 0.25) is 5.78 Å². The van der Waals surface area contributed by atoms with Crippen LogP contribution in [-0.4, -0.2) is 78.5 Å². The maximum atomic E-state index is 13.3. The molecule has 0 unspecified atom stereocenters. The normalized spacial score (nSPS) is 19.0. The summed E-state index contributed by atoms with van der Waals surface area (Å²) in [6.45, 7) is 5.05. The second-order valence-corrected chi connectivity index (χ2v) is 8.18. The minimum absolute atomic E-state index is 0.0351. The summed E-state index contributed by atoms with van der Waals surface area (Å²) in [5.41, 5.74) is 5.70. The highest BCUT2D eigenvalue weighted by Gasteiger charge is 2.44. The van der Waals surface area contributed by atoms with Crippen molar-refractivity contribution in [1.82, 2.24) is 9.80 Å². The zero-order valence-electron chi connectivity index (χ0n) is 18.9. The monoisotopic (exact) mass is 469 g/mol. The molecule has 1 fully saturated rings. The van der Waals surface area contributed by atoms with Gasteiger partial charge in [0.15, 0.2) is 18.1 Å². The number of aryl methyl sites for hydroxylation is 1. The van der Waals surface area contributed by atoms with E-state index in [1.54, 1.807) is 37.3 Å². The molecule has 1 aromatic carbocycles. The predicted molar refractivity (Wildman–Crippen MR) is 120 cm³/mol. The first-order valence-electron chi connectivity index (χ1n) is 11.0. The van der Waals surface area contributed by atoms with Crippen LogP contribution in [0.4, 0.5) is 0 Å². The lowest BCUT2D eigenvalue weighted by Gasteiger charge is -2.31. The van der Waals surface area contributed by atoms with Gasteiger partial charge in [0.05, 0.1) is 24.8 Å². The Hall–Kier alpha value is -3.63. The first kappa shape index (κ1) is 23.5. The van der Waals surface area contributed by atoms with Crippen LogP contribution in [0.5, 0.6) is 5.75 Å². The van der Waals surface area contributed by atoms with Gasteiger partial charge in [-0.2, -0.15) is 0 Å². The van der Waals surface area contributed by atoms with Crippen molar-refractivity contribution >= 4 is 17.6 Å². The Morgan fingerprint density at radius 1 is 1.12 bits per heavy atom. The Morgan fingerprint density at radius 3 is 2.44 bits per heavy atom. The average molecular weight is 469 g/mol. The molecule has 2 aromatic rings. The number of aliphatic hydroxyl groups excluding tert-OH is 1. The van der Waals surface area contributed by atoms with E-state index in [1.165, 1.54) is 11.0 Å². The van der Waals surface area contributed by atoms with E-state index in [-0.39, 0.29) is 17.9 Å². The zero-order chi connectivity index (χ0) is 24.2. The number of benzene rings is 1. The molecule has 3 N–H and O–H groups in total. The number of Topliss-reactive ketones (excluding diaryl/α,β-unsaturated/α-hetero) is 1. The molecule has 1 aromatic heterocycles. The van der Waals surface area contributed by atoms with Crippen molar-refractivity contribution in [2.45, 2.75) is 13.0 Å². The number of carbonyl (C=O) groups is 3.